The van der Waals surface area contributed by atoms with E-state index < -0.39 is 20.0 Å². The van der Waals surface area contributed by atoms with E-state index in [1.165, 1.54) is 4.31 Å². The summed E-state index contributed by atoms with van der Waals surface area (Å²) in [7, 11) is -6.88. The molecular formula is C21H33N3O6S2. The first-order chi connectivity index (χ1) is 15.3. The maximum Gasteiger partial charge on any atom is 0.243 e. The number of nitrogens with zero attached hydrogens (tertiary/aromatic N) is 2. The van der Waals surface area contributed by atoms with Gasteiger partial charge in [0.25, 0.3) is 0 Å². The van der Waals surface area contributed by atoms with Gasteiger partial charge in [-0.1, -0.05) is 25.0 Å². The average Bonchev–Trinajstić information content (AvgIpc) is 3.09. The van der Waals surface area contributed by atoms with Crippen LogP contribution in [0.5, 0.6) is 0 Å². The maximum atomic E-state index is 12.8. The molecule has 0 saturated carbocycles. The van der Waals surface area contributed by atoms with Crippen molar-refractivity contribution in [2.45, 2.75) is 43.4 Å². The van der Waals surface area contributed by atoms with Gasteiger partial charge in [-0.3, -0.25) is 4.79 Å². The molecule has 32 heavy (non-hydrogen) atoms. The molecule has 2 fully saturated rings. The van der Waals surface area contributed by atoms with Crippen LogP contribution >= 0.6 is 0 Å². The number of carbonyl (C=O) groups is 1. The molecule has 3 rings (SSSR count). The van der Waals surface area contributed by atoms with Crippen LogP contribution in [0.2, 0.25) is 0 Å². The Morgan fingerprint density at radius 3 is 2.12 bits per heavy atom. The Morgan fingerprint density at radius 1 is 0.875 bits per heavy atom. The molecule has 0 aliphatic carbocycles. The average molecular weight is 488 g/mol. The van der Waals surface area contributed by atoms with Crippen molar-refractivity contribution in [3.63, 3.8) is 0 Å². The van der Waals surface area contributed by atoms with E-state index in [0.29, 0.717) is 45.8 Å². The molecule has 1 N–H and O–H groups in total. The first kappa shape index (κ1) is 25.1. The Balaban J connectivity index is 1.44. The number of hydrogen-bond donors (Lipinski definition) is 1. The summed E-state index contributed by atoms with van der Waals surface area (Å²) in [4.78, 5) is 12.4. The predicted octanol–water partition coefficient (Wildman–Crippen LogP) is 0.962. The van der Waals surface area contributed by atoms with Crippen LogP contribution in [0.1, 0.15) is 37.7 Å². The number of sulfonamides is 2. The molecule has 0 spiro atoms. The summed E-state index contributed by atoms with van der Waals surface area (Å²) in [6.45, 7) is 2.66. The Labute approximate surface area is 191 Å². The fourth-order valence-corrected chi connectivity index (χ4v) is 6.72. The zero-order chi connectivity index (χ0) is 23.0. The van der Waals surface area contributed by atoms with Crippen molar-refractivity contribution in [3.8, 4) is 0 Å². The highest BCUT2D eigenvalue weighted by Gasteiger charge is 2.25. The van der Waals surface area contributed by atoms with Gasteiger partial charge in [-0.2, -0.15) is 8.61 Å². The van der Waals surface area contributed by atoms with Crippen molar-refractivity contribution in [2.24, 2.45) is 0 Å². The number of carbonyl (C=O) groups excluding carboxylic acids is 1. The van der Waals surface area contributed by atoms with E-state index >= 15 is 0 Å². The molecular weight excluding hydrogens is 454 g/mol. The molecule has 180 valence electrons. The van der Waals surface area contributed by atoms with E-state index in [2.05, 4.69) is 5.32 Å². The van der Waals surface area contributed by atoms with Gasteiger partial charge in [0.05, 0.1) is 23.9 Å². The van der Waals surface area contributed by atoms with E-state index in [4.69, 9.17) is 4.74 Å². The van der Waals surface area contributed by atoms with Crippen molar-refractivity contribution in [1.82, 2.24) is 13.9 Å². The van der Waals surface area contributed by atoms with E-state index in [0.717, 1.165) is 31.2 Å². The van der Waals surface area contributed by atoms with Gasteiger partial charge in [0, 0.05) is 39.1 Å². The van der Waals surface area contributed by atoms with Crippen LogP contribution in [0.25, 0.3) is 0 Å². The minimum absolute atomic E-state index is 0.0611. The molecule has 1 aromatic rings. The molecule has 0 aromatic heterocycles. The van der Waals surface area contributed by atoms with Gasteiger partial charge in [-0.15, -0.1) is 0 Å². The summed E-state index contributed by atoms with van der Waals surface area (Å²) in [5.74, 6) is -0.370. The normalized spacial score (nSPS) is 19.4. The van der Waals surface area contributed by atoms with Crippen molar-refractivity contribution in [3.05, 3.63) is 29.8 Å². The predicted molar refractivity (Wildman–Crippen MR) is 121 cm³/mol. The van der Waals surface area contributed by atoms with Crippen LogP contribution < -0.4 is 5.32 Å². The van der Waals surface area contributed by atoms with Gasteiger partial charge in [-0.05, 0) is 37.0 Å². The van der Waals surface area contributed by atoms with Crippen LogP contribution in [0.15, 0.2) is 29.2 Å². The van der Waals surface area contributed by atoms with Crippen LogP contribution in [-0.4, -0.2) is 83.0 Å². The van der Waals surface area contributed by atoms with Crippen LogP contribution in [0, 0.1) is 0 Å². The van der Waals surface area contributed by atoms with Crippen LogP contribution in [0.3, 0.4) is 0 Å². The molecule has 1 amide bonds. The standard InChI is InChI=1S/C21H33N3O6S2/c25-21(22-11-18-31(26,27)23-14-16-30-17-15-23)10-7-19-5-8-20(9-6-19)32(28,29)24-12-3-1-2-4-13-24/h5-6,8-9H,1-4,7,10-18H2,(H,22,25). The van der Waals surface area contributed by atoms with Crippen molar-refractivity contribution < 1.29 is 26.4 Å². The summed E-state index contributed by atoms with van der Waals surface area (Å²) < 4.78 is 58.3. The zero-order valence-electron chi connectivity index (χ0n) is 18.4. The molecule has 2 aliphatic heterocycles. The Hall–Kier alpha value is -1.53. The Morgan fingerprint density at radius 2 is 1.50 bits per heavy atom. The quantitative estimate of drug-likeness (QED) is 0.555. The van der Waals surface area contributed by atoms with Crippen LogP contribution in [0.4, 0.5) is 0 Å². The summed E-state index contributed by atoms with van der Waals surface area (Å²) in [6.07, 6.45) is 4.56. The van der Waals surface area contributed by atoms with Gasteiger partial charge < -0.3 is 10.1 Å². The summed E-state index contributed by atoms with van der Waals surface area (Å²) in [5.41, 5.74) is 0.857. The van der Waals surface area contributed by atoms with E-state index in [9.17, 15) is 21.6 Å². The second-order valence-electron chi connectivity index (χ2n) is 8.14. The number of nitrogens with one attached hydrogen (secondary N) is 1. The third kappa shape index (κ3) is 6.98. The van der Waals surface area contributed by atoms with Gasteiger partial charge >= 0.3 is 0 Å². The molecule has 11 heteroatoms. The lowest BCUT2D eigenvalue weighted by Gasteiger charge is -2.26. The van der Waals surface area contributed by atoms with Crippen molar-refractivity contribution in [1.29, 1.82) is 0 Å². The number of amides is 1. The van der Waals surface area contributed by atoms with Gasteiger partial charge in [0.2, 0.25) is 26.0 Å². The topological polar surface area (TPSA) is 113 Å². The highest BCUT2D eigenvalue weighted by Crippen LogP contribution is 2.21. The minimum atomic E-state index is -3.48. The minimum Gasteiger partial charge on any atom is -0.379 e. The van der Waals surface area contributed by atoms with Crippen molar-refractivity contribution >= 4 is 26.0 Å². The largest absolute Gasteiger partial charge is 0.379 e. The summed E-state index contributed by atoms with van der Waals surface area (Å²) in [5, 5.41) is 2.65. The first-order valence-corrected chi connectivity index (χ1v) is 14.3. The highest BCUT2D eigenvalue weighted by atomic mass is 32.2. The smallest absolute Gasteiger partial charge is 0.243 e. The number of benzene rings is 1. The number of hydrogen-bond acceptors (Lipinski definition) is 6. The molecule has 0 radical (unpaired) electrons. The second kappa shape index (κ2) is 11.6. The van der Waals surface area contributed by atoms with E-state index in [1.54, 1.807) is 28.6 Å². The van der Waals surface area contributed by atoms with Crippen molar-refractivity contribution in [2.75, 3.05) is 51.7 Å². The summed E-state index contributed by atoms with van der Waals surface area (Å²) in [6, 6.07) is 6.67. The van der Waals surface area contributed by atoms with Gasteiger partial charge in [0.15, 0.2) is 0 Å². The SMILES string of the molecule is O=C(CCc1ccc(S(=O)(=O)N2CCCCCC2)cc1)NCCS(=O)(=O)N1CCOCC1. The highest BCUT2D eigenvalue weighted by molar-refractivity contribution is 7.89. The third-order valence-corrected chi connectivity index (χ3v) is 9.60. The lowest BCUT2D eigenvalue weighted by atomic mass is 10.1. The molecule has 2 saturated heterocycles. The lowest BCUT2D eigenvalue weighted by Crippen LogP contribution is -2.43. The van der Waals surface area contributed by atoms with Gasteiger partial charge in [-0.25, -0.2) is 16.8 Å². The van der Waals surface area contributed by atoms with Gasteiger partial charge in [0.1, 0.15) is 0 Å². The second-order valence-corrected chi connectivity index (χ2v) is 12.2. The lowest BCUT2D eigenvalue weighted by molar-refractivity contribution is -0.120. The zero-order valence-corrected chi connectivity index (χ0v) is 20.0. The van der Waals surface area contributed by atoms with E-state index in [-0.39, 0.29) is 29.5 Å². The third-order valence-electron chi connectivity index (χ3n) is 5.81. The summed E-state index contributed by atoms with van der Waals surface area (Å²) >= 11 is 0. The maximum absolute atomic E-state index is 12.8. The first-order valence-electron chi connectivity index (χ1n) is 11.2. The molecule has 0 unspecified atom stereocenters. The number of ether oxygens (including phenoxy) is 1. The fourth-order valence-electron chi connectivity index (χ4n) is 3.88. The Kier molecular flexibility index (Phi) is 9.06. The number of rotatable bonds is 9. The molecule has 0 bridgehead atoms. The molecule has 9 nitrogen and oxygen atoms in total. The van der Waals surface area contributed by atoms with E-state index in [1.807, 2.05) is 0 Å². The van der Waals surface area contributed by atoms with Crippen LogP contribution in [-0.2, 0) is 36.0 Å². The molecule has 0 atom stereocenters. The molecule has 2 heterocycles. The fraction of sp³-hybridized carbons (Fsp3) is 0.667. The Bertz CT molecular complexity index is 950. The molecule has 1 aromatic carbocycles. The number of morpholine rings is 1. The monoisotopic (exact) mass is 487 g/mol. The number of aryl methyl sites for hydroxylation is 1. The molecule has 2 aliphatic rings.